The van der Waals surface area contributed by atoms with Gasteiger partial charge in [0.1, 0.15) is 29.4 Å². The van der Waals surface area contributed by atoms with E-state index in [0.717, 1.165) is 48.1 Å². The third kappa shape index (κ3) is 4.92. The Morgan fingerprint density at radius 2 is 1.84 bits per heavy atom. The largest absolute Gasteiger partial charge is 0.350 e. The van der Waals surface area contributed by atoms with Gasteiger partial charge in [-0.1, -0.05) is 48.9 Å². The molecular weight excluding hydrogens is 576 g/mol. The zero-order valence-electron chi connectivity index (χ0n) is 24.5. The van der Waals surface area contributed by atoms with Crippen molar-refractivity contribution in [2.24, 2.45) is 0 Å². The highest BCUT2D eigenvalue weighted by Crippen LogP contribution is 2.47. The second-order valence-corrected chi connectivity index (χ2v) is 12.3. The average molecular weight is 608 g/mol. The Morgan fingerprint density at radius 1 is 1.02 bits per heavy atom. The van der Waals surface area contributed by atoms with Crippen molar-refractivity contribution in [2.75, 3.05) is 18.4 Å². The summed E-state index contributed by atoms with van der Waals surface area (Å²) < 4.78 is 28.6. The number of halogens is 2. The lowest BCUT2D eigenvalue weighted by Crippen LogP contribution is -2.54. The molecule has 4 bridgehead atoms. The van der Waals surface area contributed by atoms with Crippen LogP contribution in [0.2, 0.25) is 0 Å². The van der Waals surface area contributed by atoms with Crippen molar-refractivity contribution >= 4 is 34.3 Å². The standard InChI is InChI=1S/C35H31F2N5O3/c36-23-15-27(37)25-17-30(39-29(25)16-23)32(43)41-12-6-2-5-9-22-10-11-28-26(13-22)35(34(45)40-28)18-24(19-38)42(20-35)33(44)31(41)14-21-7-3-1-4-8-21/h1,3-4,7-8,10-11,13,15-17,24,31,39H,2,5-6,9,12,14,18,20H2,(H,40,45)/t24-,31-,35-/m0/s1. The van der Waals surface area contributed by atoms with Crippen molar-refractivity contribution in [3.05, 3.63) is 101 Å². The van der Waals surface area contributed by atoms with E-state index in [0.29, 0.717) is 12.1 Å². The molecule has 228 valence electrons. The van der Waals surface area contributed by atoms with Gasteiger partial charge in [-0.25, -0.2) is 8.78 Å². The Morgan fingerprint density at radius 3 is 2.64 bits per heavy atom. The Bertz CT molecular complexity index is 1880. The summed E-state index contributed by atoms with van der Waals surface area (Å²) >= 11 is 0. The first-order chi connectivity index (χ1) is 21.8. The second-order valence-electron chi connectivity index (χ2n) is 12.3. The number of carbonyl (C=O) groups excluding carboxylic acids is 3. The molecule has 3 amide bonds. The van der Waals surface area contributed by atoms with Crippen LogP contribution < -0.4 is 5.32 Å². The van der Waals surface area contributed by atoms with Crippen LogP contribution in [0.1, 0.15) is 52.9 Å². The fraction of sp³-hybridized carbons (Fsp3) is 0.314. The molecule has 4 aromatic rings. The fourth-order valence-corrected chi connectivity index (χ4v) is 7.21. The first kappa shape index (κ1) is 28.7. The zero-order chi connectivity index (χ0) is 31.3. The topological polar surface area (TPSA) is 109 Å². The molecule has 3 aliphatic heterocycles. The third-order valence-electron chi connectivity index (χ3n) is 9.51. The van der Waals surface area contributed by atoms with Crippen LogP contribution in [-0.2, 0) is 27.8 Å². The van der Waals surface area contributed by atoms with Crippen LogP contribution in [0.25, 0.3) is 10.9 Å². The highest BCUT2D eigenvalue weighted by atomic mass is 19.1. The predicted molar refractivity (Wildman–Crippen MR) is 163 cm³/mol. The van der Waals surface area contributed by atoms with Gasteiger partial charge in [0.15, 0.2) is 0 Å². The summed E-state index contributed by atoms with van der Waals surface area (Å²) in [7, 11) is 0. The van der Waals surface area contributed by atoms with Crippen LogP contribution in [0.4, 0.5) is 14.5 Å². The van der Waals surface area contributed by atoms with Crippen molar-refractivity contribution in [1.82, 2.24) is 14.8 Å². The summed E-state index contributed by atoms with van der Waals surface area (Å²) in [5.41, 5.74) is 2.48. The monoisotopic (exact) mass is 607 g/mol. The van der Waals surface area contributed by atoms with Crippen molar-refractivity contribution in [1.29, 1.82) is 5.26 Å². The molecule has 3 aliphatic rings. The molecule has 3 aromatic carbocycles. The number of amides is 3. The lowest BCUT2D eigenvalue weighted by molar-refractivity contribution is -0.136. The molecule has 8 nitrogen and oxygen atoms in total. The van der Waals surface area contributed by atoms with E-state index in [1.54, 1.807) is 0 Å². The molecule has 0 saturated carbocycles. The SMILES string of the molecule is N#C[C@@H]1C[C@]23CN1C(=O)[C@H](Cc1ccccc1)N(C(=O)c1cc4c(F)cc(F)cc4[nH]1)CCCCCc1ccc(c2c1)NC3=O. The lowest BCUT2D eigenvalue weighted by Gasteiger charge is -2.35. The summed E-state index contributed by atoms with van der Waals surface area (Å²) in [6.07, 6.45) is 3.29. The van der Waals surface area contributed by atoms with E-state index in [4.69, 9.17) is 0 Å². The first-order valence-electron chi connectivity index (χ1n) is 15.2. The highest BCUT2D eigenvalue weighted by Gasteiger charge is 2.57. The normalized spacial score (nSPS) is 23.1. The molecule has 0 radical (unpaired) electrons. The molecule has 3 atom stereocenters. The van der Waals surface area contributed by atoms with E-state index in [2.05, 4.69) is 16.4 Å². The second kappa shape index (κ2) is 11.1. The van der Waals surface area contributed by atoms with Gasteiger partial charge in [-0.3, -0.25) is 14.4 Å². The minimum absolute atomic E-state index is 0.0105. The van der Waals surface area contributed by atoms with Crippen LogP contribution in [0.5, 0.6) is 0 Å². The Kier molecular flexibility index (Phi) is 7.11. The minimum Gasteiger partial charge on any atom is -0.350 e. The molecular formula is C35H31F2N5O3. The number of fused-ring (bicyclic) bond motifs is 3. The Balaban J connectivity index is 1.33. The van der Waals surface area contributed by atoms with E-state index in [1.807, 2.05) is 48.5 Å². The number of benzene rings is 3. The number of nitriles is 1. The van der Waals surface area contributed by atoms with E-state index < -0.39 is 40.9 Å². The molecule has 1 fully saturated rings. The Labute approximate surface area is 258 Å². The van der Waals surface area contributed by atoms with Crippen LogP contribution >= 0.6 is 0 Å². The molecule has 0 unspecified atom stereocenters. The zero-order valence-corrected chi connectivity index (χ0v) is 24.5. The molecule has 10 heteroatoms. The van der Waals surface area contributed by atoms with E-state index in [1.165, 1.54) is 15.9 Å². The third-order valence-corrected chi connectivity index (χ3v) is 9.51. The molecule has 0 aliphatic carbocycles. The highest BCUT2D eigenvalue weighted by molar-refractivity contribution is 6.08. The van der Waals surface area contributed by atoms with E-state index in [9.17, 15) is 28.4 Å². The number of aromatic amines is 1. The quantitative estimate of drug-likeness (QED) is 0.332. The van der Waals surface area contributed by atoms with Crippen LogP contribution in [0, 0.1) is 23.0 Å². The predicted octanol–water partition coefficient (Wildman–Crippen LogP) is 5.24. The van der Waals surface area contributed by atoms with Crippen molar-refractivity contribution in [3.63, 3.8) is 0 Å². The molecule has 7 rings (SSSR count). The average Bonchev–Trinajstić information content (AvgIpc) is 3.72. The number of nitrogens with one attached hydrogen (secondary N) is 2. The number of aryl methyl sites for hydroxylation is 1. The summed E-state index contributed by atoms with van der Waals surface area (Å²) in [6.45, 7) is 0.242. The number of aromatic nitrogens is 1. The molecule has 45 heavy (non-hydrogen) atoms. The van der Waals surface area contributed by atoms with Gasteiger partial charge in [0.25, 0.3) is 5.91 Å². The maximum atomic E-state index is 14.7. The maximum Gasteiger partial charge on any atom is 0.270 e. The number of anilines is 1. The fourth-order valence-electron chi connectivity index (χ4n) is 7.21. The Hall–Kier alpha value is -5.04. The number of carbonyl (C=O) groups is 3. The van der Waals surface area contributed by atoms with Crippen LogP contribution in [0.3, 0.4) is 0 Å². The first-order valence-corrected chi connectivity index (χ1v) is 15.2. The minimum atomic E-state index is -1.07. The van der Waals surface area contributed by atoms with Gasteiger partial charge >= 0.3 is 0 Å². The maximum absolute atomic E-state index is 14.7. The number of rotatable bonds is 3. The van der Waals surface area contributed by atoms with Crippen molar-refractivity contribution < 1.29 is 23.2 Å². The number of hydrogen-bond acceptors (Lipinski definition) is 4. The van der Waals surface area contributed by atoms with Gasteiger partial charge in [-0.05, 0) is 54.2 Å². The smallest absolute Gasteiger partial charge is 0.270 e. The number of nitrogens with zero attached hydrogens (tertiary/aromatic N) is 3. The summed E-state index contributed by atoms with van der Waals surface area (Å²) in [6, 6.07) is 18.8. The van der Waals surface area contributed by atoms with Crippen molar-refractivity contribution in [3.8, 4) is 6.07 Å². The molecule has 4 heterocycles. The van der Waals surface area contributed by atoms with Crippen LogP contribution in [0.15, 0.2) is 66.7 Å². The van der Waals surface area contributed by atoms with Gasteiger partial charge in [0, 0.05) is 43.1 Å². The molecule has 1 spiro atoms. The molecule has 2 N–H and O–H groups in total. The molecule has 1 saturated heterocycles. The summed E-state index contributed by atoms with van der Waals surface area (Å²) in [5, 5.41) is 13.3. The van der Waals surface area contributed by atoms with Crippen molar-refractivity contribution in [2.45, 2.75) is 56.0 Å². The van der Waals surface area contributed by atoms with Gasteiger partial charge in [-0.2, -0.15) is 5.26 Å². The summed E-state index contributed by atoms with van der Waals surface area (Å²) in [5.74, 6) is -2.77. The van der Waals surface area contributed by atoms with Gasteiger partial charge in [0.05, 0.1) is 17.0 Å². The van der Waals surface area contributed by atoms with E-state index >= 15 is 0 Å². The van der Waals surface area contributed by atoms with E-state index in [-0.39, 0.29) is 48.4 Å². The van der Waals surface area contributed by atoms with Gasteiger partial charge in [0.2, 0.25) is 11.8 Å². The van der Waals surface area contributed by atoms with Gasteiger partial charge in [-0.15, -0.1) is 0 Å². The van der Waals surface area contributed by atoms with Gasteiger partial charge < -0.3 is 20.1 Å². The summed E-state index contributed by atoms with van der Waals surface area (Å²) in [4.78, 5) is 48.4. The van der Waals surface area contributed by atoms with Crippen LogP contribution in [-0.4, -0.2) is 57.7 Å². The number of hydrogen-bond donors (Lipinski definition) is 2. The number of H-pyrrole nitrogens is 1. The molecule has 1 aromatic heterocycles. The lowest BCUT2D eigenvalue weighted by atomic mass is 9.79.